The van der Waals surface area contributed by atoms with Crippen LogP contribution in [-0.2, 0) is 21.4 Å². The normalized spacial score (nSPS) is 17.8. The van der Waals surface area contributed by atoms with Crippen molar-refractivity contribution in [2.75, 3.05) is 11.5 Å². The number of pyridine rings is 1. The molecule has 1 saturated heterocycles. The van der Waals surface area contributed by atoms with Gasteiger partial charge in [-0.3, -0.25) is 24.1 Å². The Labute approximate surface area is 279 Å². The standard InChI is InChI=1S/C25H24N8O7S2.Na.H2O/c1-11-7-16(35)15(8-26-11)20(36)27-17(12-3-5-14(34)6-4-12)21(37)28-18-22(38)33-19(24(39)40)13(9-41-23(18)33)10-42-25-29-30-31-32(25)2;;/h3-8,17-18,23,34H,9-10H2,1-2H3,(H,26,35)(H,27,36)(H,28,37)(H,39,40);;1H2/q;+1;/p-1/t17-,18-,23-;;/m1../s1. The molecular formula is C25H25N8NaO8S2. The molecule has 0 saturated carbocycles. The number of aryl methyl sites for hydroxylation is 2. The van der Waals surface area contributed by atoms with Crippen molar-refractivity contribution in [1.29, 1.82) is 0 Å². The molecule has 2 aliphatic heterocycles. The molecule has 0 bridgehead atoms. The van der Waals surface area contributed by atoms with Crippen LogP contribution in [0.15, 0.2) is 57.7 Å². The monoisotopic (exact) mass is 652 g/mol. The fraction of sp³-hybridized carbons (Fsp3) is 0.280. The smallest absolute Gasteiger partial charge is 0.543 e. The summed E-state index contributed by atoms with van der Waals surface area (Å²) < 4.78 is 1.43. The topological polar surface area (TPSA) is 247 Å². The molecule has 44 heavy (non-hydrogen) atoms. The van der Waals surface area contributed by atoms with E-state index < -0.39 is 46.6 Å². The summed E-state index contributed by atoms with van der Waals surface area (Å²) in [5.74, 6) is -3.42. The summed E-state index contributed by atoms with van der Waals surface area (Å²) in [6, 6.07) is 4.27. The number of rotatable bonds is 9. The van der Waals surface area contributed by atoms with Crippen LogP contribution in [0, 0.1) is 6.92 Å². The van der Waals surface area contributed by atoms with Crippen LogP contribution in [-0.4, -0.2) is 87.3 Å². The van der Waals surface area contributed by atoms with Gasteiger partial charge in [-0.1, -0.05) is 23.9 Å². The van der Waals surface area contributed by atoms with Gasteiger partial charge in [-0.2, -0.15) is 0 Å². The Morgan fingerprint density at radius 3 is 2.57 bits per heavy atom. The van der Waals surface area contributed by atoms with E-state index in [9.17, 15) is 34.2 Å². The van der Waals surface area contributed by atoms with Crippen molar-refractivity contribution in [3.63, 3.8) is 0 Å². The molecular weight excluding hydrogens is 627 g/mol. The number of carbonyl (C=O) groups excluding carboxylic acids is 4. The van der Waals surface area contributed by atoms with E-state index in [1.165, 1.54) is 64.7 Å². The first-order chi connectivity index (χ1) is 20.0. The molecule has 1 fully saturated rings. The number of amides is 3. The van der Waals surface area contributed by atoms with E-state index in [0.29, 0.717) is 16.4 Å². The van der Waals surface area contributed by atoms with Crippen LogP contribution < -0.4 is 50.7 Å². The van der Waals surface area contributed by atoms with Crippen molar-refractivity contribution in [3.8, 4) is 5.75 Å². The number of hydrogen-bond acceptors (Lipinski definition) is 12. The quantitative estimate of drug-likeness (QED) is 0.0962. The maximum absolute atomic E-state index is 13.5. The first kappa shape index (κ1) is 34.8. The summed E-state index contributed by atoms with van der Waals surface area (Å²) in [7, 11) is 1.64. The molecule has 1 aromatic carbocycles. The fourth-order valence-corrected chi connectivity index (χ4v) is 6.78. The summed E-state index contributed by atoms with van der Waals surface area (Å²) in [6.45, 7) is 1.65. The third kappa shape index (κ3) is 7.00. The molecule has 0 radical (unpaired) electrons. The Kier molecular flexibility index (Phi) is 11.4. The molecule has 0 unspecified atom stereocenters. The van der Waals surface area contributed by atoms with E-state index in [0.717, 1.165) is 4.90 Å². The molecule has 226 valence electrons. The van der Waals surface area contributed by atoms with Crippen LogP contribution in [0.1, 0.15) is 27.7 Å². The first-order valence-corrected chi connectivity index (χ1v) is 14.4. The molecule has 16 nitrogen and oxygen atoms in total. The zero-order chi connectivity index (χ0) is 30.1. The number of phenols is 1. The molecule has 5 rings (SSSR count). The molecule has 0 aliphatic carbocycles. The Morgan fingerprint density at radius 2 is 1.95 bits per heavy atom. The number of nitrogens with one attached hydrogen (secondary N) is 3. The van der Waals surface area contributed by atoms with Crippen LogP contribution in [0.3, 0.4) is 0 Å². The average Bonchev–Trinajstić information content (AvgIpc) is 3.37. The molecule has 6 N–H and O–H groups in total. The molecule has 2 aliphatic rings. The Balaban J connectivity index is 0.00000264. The summed E-state index contributed by atoms with van der Waals surface area (Å²) in [5.41, 5.74) is 0.216. The number of carboxylic acid groups (broad SMARTS) is 1. The number of aromatic amines is 1. The van der Waals surface area contributed by atoms with Crippen LogP contribution >= 0.6 is 23.5 Å². The number of carboxylic acids is 1. The maximum atomic E-state index is 13.5. The third-order valence-corrected chi connectivity index (χ3v) is 9.00. The molecule has 3 atom stereocenters. The summed E-state index contributed by atoms with van der Waals surface area (Å²) in [5, 5.41) is 37.8. The van der Waals surface area contributed by atoms with Crippen LogP contribution in [0.25, 0.3) is 0 Å². The number of thioether (sulfide) groups is 2. The number of hydrogen-bond donors (Lipinski definition) is 4. The zero-order valence-electron chi connectivity index (χ0n) is 23.6. The SMILES string of the molecule is Cc1cc(=O)c(C(=O)N[C@@H](C(=O)N[C@@H]2C(=O)N3C(C(=O)[O-])=C(CSc4nnnn4C)CS[C@H]23)c2ccc(O)cc2)c[nH]1.O.[Na+]. The molecule has 2 aromatic heterocycles. The van der Waals surface area contributed by atoms with Gasteiger partial charge in [0.1, 0.15) is 28.8 Å². The number of aliphatic carboxylic acids is 1. The summed E-state index contributed by atoms with van der Waals surface area (Å²) >= 11 is 2.47. The van der Waals surface area contributed by atoms with Crippen molar-refractivity contribution in [2.24, 2.45) is 7.05 Å². The first-order valence-electron chi connectivity index (χ1n) is 12.4. The molecule has 3 aromatic rings. The van der Waals surface area contributed by atoms with E-state index in [1.54, 1.807) is 14.0 Å². The predicted molar refractivity (Wildman–Crippen MR) is 150 cm³/mol. The van der Waals surface area contributed by atoms with Gasteiger partial charge in [-0.05, 0) is 40.6 Å². The average molecular weight is 653 g/mol. The van der Waals surface area contributed by atoms with E-state index >= 15 is 0 Å². The number of fused-ring (bicyclic) bond motifs is 1. The van der Waals surface area contributed by atoms with Gasteiger partial charge in [0, 0.05) is 36.5 Å². The number of H-pyrrole nitrogens is 1. The number of β-lactam (4-membered cyclic amide) rings is 1. The minimum atomic E-state index is -1.53. The second-order valence-corrected chi connectivity index (χ2v) is 11.4. The van der Waals surface area contributed by atoms with Gasteiger partial charge >= 0.3 is 29.6 Å². The summed E-state index contributed by atoms with van der Waals surface area (Å²) in [6.07, 6.45) is 1.23. The van der Waals surface area contributed by atoms with Gasteiger partial charge < -0.3 is 36.1 Å². The van der Waals surface area contributed by atoms with Crippen molar-refractivity contribution in [2.45, 2.75) is 29.5 Å². The van der Waals surface area contributed by atoms with E-state index in [1.807, 2.05) is 0 Å². The second kappa shape index (κ2) is 14.4. The van der Waals surface area contributed by atoms with Gasteiger partial charge in [0.25, 0.3) is 11.8 Å². The molecule has 19 heteroatoms. The third-order valence-electron chi connectivity index (χ3n) is 6.56. The Bertz CT molecular complexity index is 1680. The Hall–Kier alpha value is -3.68. The van der Waals surface area contributed by atoms with Crippen molar-refractivity contribution < 1.29 is 64.4 Å². The van der Waals surface area contributed by atoms with Crippen LogP contribution in [0.2, 0.25) is 0 Å². The number of aromatic hydroxyl groups is 1. The minimum absolute atomic E-state index is 0. The van der Waals surface area contributed by atoms with Crippen LogP contribution in [0.5, 0.6) is 5.75 Å². The second-order valence-electron chi connectivity index (χ2n) is 9.40. The number of nitrogens with zero attached hydrogens (tertiary/aromatic N) is 5. The van der Waals surface area contributed by atoms with Gasteiger partial charge in [-0.25, -0.2) is 4.68 Å². The number of phenolic OH excluding ortho intramolecular Hbond substituents is 1. The molecule has 0 spiro atoms. The number of carbonyl (C=O) groups is 4. The van der Waals surface area contributed by atoms with E-state index in [-0.39, 0.29) is 69.1 Å². The predicted octanol–water partition coefficient (Wildman–Crippen LogP) is -5.24. The zero-order valence-corrected chi connectivity index (χ0v) is 27.2. The van der Waals surface area contributed by atoms with Gasteiger partial charge in [-0.15, -0.1) is 16.9 Å². The summed E-state index contributed by atoms with van der Waals surface area (Å²) in [4.78, 5) is 67.9. The Morgan fingerprint density at radius 1 is 1.25 bits per heavy atom. The fourth-order valence-electron chi connectivity index (χ4n) is 4.44. The van der Waals surface area contributed by atoms with Crippen molar-refractivity contribution in [3.05, 3.63) is 74.8 Å². The minimum Gasteiger partial charge on any atom is -0.543 e. The van der Waals surface area contributed by atoms with E-state index in [2.05, 4.69) is 31.1 Å². The number of aromatic nitrogens is 5. The maximum Gasteiger partial charge on any atom is 1.00 e. The number of tetrazole rings is 1. The van der Waals surface area contributed by atoms with Crippen molar-refractivity contribution >= 4 is 47.2 Å². The van der Waals surface area contributed by atoms with Gasteiger partial charge in [0.2, 0.25) is 11.1 Å². The molecule has 3 amide bonds. The number of benzene rings is 1. The van der Waals surface area contributed by atoms with Crippen LogP contribution in [0.4, 0.5) is 0 Å². The van der Waals surface area contributed by atoms with Gasteiger partial charge in [0.15, 0.2) is 5.43 Å². The largest absolute Gasteiger partial charge is 1.00 e. The van der Waals surface area contributed by atoms with Gasteiger partial charge in [0.05, 0.1) is 11.7 Å². The van der Waals surface area contributed by atoms with E-state index in [4.69, 9.17) is 0 Å². The van der Waals surface area contributed by atoms with Crippen molar-refractivity contribution in [1.82, 2.24) is 40.7 Å². The molecule has 4 heterocycles.